The maximum atomic E-state index is 12.6. The predicted octanol–water partition coefficient (Wildman–Crippen LogP) is 2.91. The van der Waals surface area contributed by atoms with E-state index in [0.717, 1.165) is 29.6 Å². The average molecular weight is 511 g/mol. The number of methoxy groups -OCH3 is 1. The van der Waals surface area contributed by atoms with Gasteiger partial charge in [-0.2, -0.15) is 0 Å². The second-order valence-electron chi connectivity index (χ2n) is 6.09. The minimum Gasteiger partial charge on any atom is -0.494 e. The van der Waals surface area contributed by atoms with Crippen LogP contribution in [0.15, 0.2) is 12.1 Å². The van der Waals surface area contributed by atoms with E-state index in [9.17, 15) is 13.2 Å². The van der Waals surface area contributed by atoms with Crippen molar-refractivity contribution in [1.82, 2.24) is 10.2 Å². The van der Waals surface area contributed by atoms with Gasteiger partial charge < -0.3 is 15.0 Å². The van der Waals surface area contributed by atoms with Crippen LogP contribution in [-0.4, -0.2) is 58.3 Å². The quantitative estimate of drug-likeness (QED) is 0.422. The summed E-state index contributed by atoms with van der Waals surface area (Å²) in [5.41, 5.74) is 0.603. The van der Waals surface area contributed by atoms with Gasteiger partial charge in [0.1, 0.15) is 0 Å². The summed E-state index contributed by atoms with van der Waals surface area (Å²) in [5, 5.41) is 2.88. The Morgan fingerprint density at radius 1 is 1.22 bits per heavy atom. The standard InChI is InChI=1S/C18H30IN3O4S/c1-5-8-11-27(24,25)21-16-13-14(19)12-15(17(16)26-4)18(23)20-9-10-22(6-2)7-3/h12-13,21H,5-11H2,1-4H3,(H,20,23). The number of hydrogen-bond donors (Lipinski definition) is 2. The molecule has 0 fully saturated rings. The molecule has 0 atom stereocenters. The van der Waals surface area contributed by atoms with Crippen molar-refractivity contribution in [2.75, 3.05) is 43.8 Å². The second-order valence-corrected chi connectivity index (χ2v) is 9.18. The Kier molecular flexibility index (Phi) is 10.4. The van der Waals surface area contributed by atoms with Crippen molar-refractivity contribution in [3.63, 3.8) is 0 Å². The number of nitrogens with zero attached hydrogens (tertiary/aromatic N) is 1. The highest BCUT2D eigenvalue weighted by Gasteiger charge is 2.20. The summed E-state index contributed by atoms with van der Waals surface area (Å²) in [5.74, 6) is -0.0221. The average Bonchev–Trinajstić information content (AvgIpc) is 2.62. The number of nitrogens with one attached hydrogen (secondary N) is 2. The summed E-state index contributed by atoms with van der Waals surface area (Å²) in [7, 11) is -2.07. The molecule has 7 nitrogen and oxygen atoms in total. The summed E-state index contributed by atoms with van der Waals surface area (Å²) in [4.78, 5) is 14.8. The lowest BCUT2D eigenvalue weighted by Gasteiger charge is -2.19. The molecule has 1 aromatic rings. The van der Waals surface area contributed by atoms with E-state index in [1.165, 1.54) is 7.11 Å². The number of halogens is 1. The molecular weight excluding hydrogens is 481 g/mol. The Labute approximate surface area is 176 Å². The molecule has 0 radical (unpaired) electrons. The molecule has 0 aromatic heterocycles. The van der Waals surface area contributed by atoms with E-state index in [2.05, 4.69) is 51.4 Å². The minimum atomic E-state index is -3.50. The van der Waals surface area contributed by atoms with Crippen LogP contribution in [0.2, 0.25) is 0 Å². The maximum Gasteiger partial charge on any atom is 0.255 e. The fourth-order valence-electron chi connectivity index (χ4n) is 2.57. The van der Waals surface area contributed by atoms with Gasteiger partial charge in [-0.05, 0) is 54.2 Å². The first kappa shape index (κ1) is 24.0. The molecule has 0 heterocycles. The molecule has 0 bridgehead atoms. The SMILES string of the molecule is CCCCS(=O)(=O)Nc1cc(I)cc(C(=O)NCCN(CC)CC)c1OC. The summed E-state index contributed by atoms with van der Waals surface area (Å²) in [6.07, 6.45) is 1.35. The van der Waals surface area contributed by atoms with E-state index in [1.54, 1.807) is 12.1 Å². The largest absolute Gasteiger partial charge is 0.494 e. The number of ether oxygens (including phenoxy) is 1. The number of benzene rings is 1. The predicted molar refractivity (Wildman–Crippen MR) is 118 cm³/mol. The zero-order chi connectivity index (χ0) is 20.4. The lowest BCUT2D eigenvalue weighted by Crippen LogP contribution is -2.35. The van der Waals surface area contributed by atoms with Crippen LogP contribution in [0.1, 0.15) is 44.0 Å². The van der Waals surface area contributed by atoms with Crippen LogP contribution in [0.3, 0.4) is 0 Å². The second kappa shape index (κ2) is 11.7. The van der Waals surface area contributed by atoms with E-state index < -0.39 is 10.0 Å². The van der Waals surface area contributed by atoms with Crippen LogP contribution < -0.4 is 14.8 Å². The summed E-state index contributed by atoms with van der Waals surface area (Å²) in [6, 6.07) is 3.35. The number of amides is 1. The first-order valence-electron chi connectivity index (χ1n) is 9.16. The highest BCUT2D eigenvalue weighted by Crippen LogP contribution is 2.32. The fraction of sp³-hybridized carbons (Fsp3) is 0.611. The van der Waals surface area contributed by atoms with Crippen LogP contribution in [0, 0.1) is 3.57 Å². The number of sulfonamides is 1. The molecular formula is C18H30IN3O4S. The van der Waals surface area contributed by atoms with Crippen molar-refractivity contribution in [2.24, 2.45) is 0 Å². The lowest BCUT2D eigenvalue weighted by atomic mass is 10.1. The molecule has 0 saturated carbocycles. The zero-order valence-corrected chi connectivity index (χ0v) is 19.4. The first-order valence-corrected chi connectivity index (χ1v) is 11.9. The zero-order valence-electron chi connectivity index (χ0n) is 16.5. The van der Waals surface area contributed by atoms with E-state index in [4.69, 9.17) is 4.74 Å². The van der Waals surface area contributed by atoms with Crippen molar-refractivity contribution in [1.29, 1.82) is 0 Å². The molecule has 0 saturated heterocycles. The van der Waals surface area contributed by atoms with Crippen LogP contribution in [0.5, 0.6) is 5.75 Å². The molecule has 154 valence electrons. The Balaban J connectivity index is 3.00. The third-order valence-corrected chi connectivity index (χ3v) is 6.12. The summed E-state index contributed by atoms with van der Waals surface area (Å²) in [6.45, 7) is 9.18. The molecule has 0 aliphatic carbocycles. The number of unbranched alkanes of at least 4 members (excludes halogenated alkanes) is 1. The van der Waals surface area contributed by atoms with Crippen molar-refractivity contribution in [2.45, 2.75) is 33.6 Å². The van der Waals surface area contributed by atoms with E-state index in [1.807, 2.05) is 6.92 Å². The lowest BCUT2D eigenvalue weighted by molar-refractivity contribution is 0.0946. The molecule has 0 aliphatic heterocycles. The third-order valence-electron chi connectivity index (χ3n) is 4.14. The van der Waals surface area contributed by atoms with Gasteiger partial charge in [0.05, 0.1) is 24.1 Å². The number of anilines is 1. The Hall–Kier alpha value is -1.07. The van der Waals surface area contributed by atoms with Gasteiger partial charge in [-0.25, -0.2) is 8.42 Å². The van der Waals surface area contributed by atoms with Gasteiger partial charge in [-0.15, -0.1) is 0 Å². The highest BCUT2D eigenvalue weighted by atomic mass is 127. The van der Waals surface area contributed by atoms with Gasteiger partial charge in [-0.1, -0.05) is 27.2 Å². The number of carbonyl (C=O) groups is 1. The number of rotatable bonds is 12. The maximum absolute atomic E-state index is 12.6. The number of hydrogen-bond acceptors (Lipinski definition) is 5. The molecule has 1 rings (SSSR count). The molecule has 0 aliphatic rings. The topological polar surface area (TPSA) is 87.7 Å². The van der Waals surface area contributed by atoms with Gasteiger partial charge >= 0.3 is 0 Å². The van der Waals surface area contributed by atoms with Crippen molar-refractivity contribution in [3.8, 4) is 5.75 Å². The third kappa shape index (κ3) is 7.82. The van der Waals surface area contributed by atoms with Crippen LogP contribution >= 0.6 is 22.6 Å². The van der Waals surface area contributed by atoms with Crippen LogP contribution in [-0.2, 0) is 10.0 Å². The van der Waals surface area contributed by atoms with Crippen molar-refractivity contribution >= 4 is 44.2 Å². The van der Waals surface area contributed by atoms with E-state index in [-0.39, 0.29) is 23.1 Å². The number of likely N-dealkylation sites (N-methyl/N-ethyl adjacent to an activating group) is 1. The molecule has 1 aromatic carbocycles. The Morgan fingerprint density at radius 2 is 1.89 bits per heavy atom. The molecule has 0 unspecified atom stereocenters. The van der Waals surface area contributed by atoms with E-state index in [0.29, 0.717) is 18.5 Å². The highest BCUT2D eigenvalue weighted by molar-refractivity contribution is 14.1. The van der Waals surface area contributed by atoms with Crippen LogP contribution in [0.4, 0.5) is 5.69 Å². The van der Waals surface area contributed by atoms with Crippen molar-refractivity contribution < 1.29 is 17.9 Å². The monoisotopic (exact) mass is 511 g/mol. The Bertz CT molecular complexity index is 722. The van der Waals surface area contributed by atoms with Crippen molar-refractivity contribution in [3.05, 3.63) is 21.3 Å². The van der Waals surface area contributed by atoms with Gasteiger partial charge in [0.15, 0.2) is 5.75 Å². The van der Waals surface area contributed by atoms with Gasteiger partial charge in [0.2, 0.25) is 10.0 Å². The first-order chi connectivity index (χ1) is 12.8. The van der Waals surface area contributed by atoms with Gasteiger partial charge in [-0.3, -0.25) is 9.52 Å². The summed E-state index contributed by atoms with van der Waals surface area (Å²) >= 11 is 2.06. The van der Waals surface area contributed by atoms with Gasteiger partial charge in [0, 0.05) is 16.7 Å². The summed E-state index contributed by atoms with van der Waals surface area (Å²) < 4.78 is 33.2. The Morgan fingerprint density at radius 3 is 2.44 bits per heavy atom. The number of carbonyl (C=O) groups excluding carboxylic acids is 1. The minimum absolute atomic E-state index is 0.0313. The molecule has 2 N–H and O–H groups in total. The molecule has 0 spiro atoms. The van der Waals surface area contributed by atoms with Gasteiger partial charge in [0.25, 0.3) is 5.91 Å². The van der Waals surface area contributed by atoms with Crippen LogP contribution in [0.25, 0.3) is 0 Å². The van der Waals surface area contributed by atoms with E-state index >= 15 is 0 Å². The molecule has 9 heteroatoms. The normalized spacial score (nSPS) is 11.5. The molecule has 1 amide bonds. The smallest absolute Gasteiger partial charge is 0.255 e. The molecule has 27 heavy (non-hydrogen) atoms. The fourth-order valence-corrected chi connectivity index (χ4v) is 4.45.